The van der Waals surface area contributed by atoms with Crippen molar-refractivity contribution in [3.05, 3.63) is 59.7 Å². The van der Waals surface area contributed by atoms with Gasteiger partial charge in [-0.15, -0.1) is 0 Å². The number of aryl methyl sites for hydroxylation is 1. The second-order valence-electron chi connectivity index (χ2n) is 8.39. The molecule has 3 aromatic rings. The first-order valence-corrected chi connectivity index (χ1v) is 13.6. The molecule has 1 aromatic heterocycles. The van der Waals surface area contributed by atoms with Crippen LogP contribution in [0.3, 0.4) is 0 Å². The van der Waals surface area contributed by atoms with Gasteiger partial charge in [-0.25, -0.2) is 13.4 Å². The van der Waals surface area contributed by atoms with Crippen LogP contribution in [0.5, 0.6) is 0 Å². The Kier molecular flexibility index (Phi) is 7.35. The Balaban J connectivity index is 1.47. The number of thioether (sulfide) groups is 1. The minimum absolute atomic E-state index is 0.0619. The van der Waals surface area contributed by atoms with Gasteiger partial charge in [-0.1, -0.05) is 30.3 Å². The van der Waals surface area contributed by atoms with Gasteiger partial charge in [0.05, 0.1) is 21.2 Å². The topological polar surface area (TPSA) is 96.4 Å². The minimum atomic E-state index is -3.51. The van der Waals surface area contributed by atoms with Crippen molar-refractivity contribution < 1.29 is 18.0 Å². The van der Waals surface area contributed by atoms with Crippen LogP contribution in [-0.4, -0.2) is 48.2 Å². The number of nitrogens with zero attached hydrogens (tertiary/aromatic N) is 2. The van der Waals surface area contributed by atoms with Crippen molar-refractivity contribution in [2.45, 2.75) is 43.0 Å². The number of amides is 1. The van der Waals surface area contributed by atoms with E-state index in [0.717, 1.165) is 30.2 Å². The molecule has 1 amide bonds. The largest absolute Gasteiger partial charge is 0.325 e. The summed E-state index contributed by atoms with van der Waals surface area (Å²) in [5, 5.41) is 4.27. The third-order valence-corrected chi connectivity index (χ3v) is 8.63. The fourth-order valence-electron chi connectivity index (χ4n) is 3.98. The third kappa shape index (κ3) is 5.48. The lowest BCUT2D eigenvalue weighted by molar-refractivity contribution is -0.113. The van der Waals surface area contributed by atoms with Crippen molar-refractivity contribution in [2.24, 2.45) is 0 Å². The molecule has 1 fully saturated rings. The van der Waals surface area contributed by atoms with Crippen LogP contribution in [0.2, 0.25) is 0 Å². The van der Waals surface area contributed by atoms with Crippen LogP contribution in [0, 0.1) is 6.92 Å². The smallest absolute Gasteiger partial charge is 0.243 e. The zero-order valence-electron chi connectivity index (χ0n) is 19.2. The zero-order chi connectivity index (χ0) is 24.3. The molecule has 0 saturated carbocycles. The SMILES string of the molecule is CC(=O)c1cccc(NC(=O)CSc2cc(C)c3cc(S(=O)(=O)N4CCCCC4)ccc3n2)c1. The summed E-state index contributed by atoms with van der Waals surface area (Å²) >= 11 is 1.30. The monoisotopic (exact) mass is 497 g/mol. The maximum Gasteiger partial charge on any atom is 0.243 e. The van der Waals surface area contributed by atoms with Crippen LogP contribution in [0.1, 0.15) is 42.1 Å². The van der Waals surface area contributed by atoms with Gasteiger partial charge >= 0.3 is 0 Å². The number of benzene rings is 2. The van der Waals surface area contributed by atoms with E-state index in [1.807, 2.05) is 13.0 Å². The summed E-state index contributed by atoms with van der Waals surface area (Å²) < 4.78 is 27.6. The highest BCUT2D eigenvalue weighted by molar-refractivity contribution is 7.99. The molecule has 0 radical (unpaired) electrons. The highest BCUT2D eigenvalue weighted by atomic mass is 32.2. The number of anilines is 1. The Morgan fingerprint density at radius 3 is 2.56 bits per heavy atom. The minimum Gasteiger partial charge on any atom is -0.325 e. The van der Waals surface area contributed by atoms with Gasteiger partial charge < -0.3 is 5.32 Å². The summed E-state index contributed by atoms with van der Waals surface area (Å²) in [6.45, 7) is 4.53. The molecule has 0 unspecified atom stereocenters. The number of nitrogens with one attached hydrogen (secondary N) is 1. The Morgan fingerprint density at radius 1 is 1.06 bits per heavy atom. The van der Waals surface area contributed by atoms with Crippen molar-refractivity contribution in [1.29, 1.82) is 0 Å². The maximum atomic E-state index is 13.0. The number of fused-ring (bicyclic) bond motifs is 1. The quantitative estimate of drug-likeness (QED) is 0.377. The molecule has 0 atom stereocenters. The van der Waals surface area contributed by atoms with E-state index in [9.17, 15) is 18.0 Å². The van der Waals surface area contributed by atoms with Crippen molar-refractivity contribution >= 4 is 50.1 Å². The second-order valence-corrected chi connectivity index (χ2v) is 11.3. The van der Waals surface area contributed by atoms with Gasteiger partial charge in [0.2, 0.25) is 15.9 Å². The van der Waals surface area contributed by atoms with Gasteiger partial charge in [-0.05, 0) is 68.7 Å². The number of rotatable bonds is 7. The molecule has 7 nitrogen and oxygen atoms in total. The summed E-state index contributed by atoms with van der Waals surface area (Å²) in [7, 11) is -3.51. The van der Waals surface area contributed by atoms with Crippen LogP contribution in [0.15, 0.2) is 58.5 Å². The fraction of sp³-hybridized carbons (Fsp3) is 0.320. The number of Topliss-reactive ketones (excluding diaryl/α,β-unsaturated/α-hetero) is 1. The van der Waals surface area contributed by atoms with E-state index in [1.54, 1.807) is 46.8 Å². The van der Waals surface area contributed by atoms with Crippen LogP contribution < -0.4 is 5.32 Å². The molecule has 1 saturated heterocycles. The lowest BCUT2D eigenvalue weighted by Crippen LogP contribution is -2.35. The van der Waals surface area contributed by atoms with Gasteiger partial charge in [0.25, 0.3) is 0 Å². The number of hydrogen-bond donors (Lipinski definition) is 1. The molecule has 1 N–H and O–H groups in total. The normalized spacial score (nSPS) is 14.8. The van der Waals surface area contributed by atoms with E-state index < -0.39 is 10.0 Å². The number of aromatic nitrogens is 1. The van der Waals surface area contributed by atoms with Crippen LogP contribution in [-0.2, 0) is 14.8 Å². The first-order valence-electron chi connectivity index (χ1n) is 11.2. The number of carbonyl (C=O) groups excluding carboxylic acids is 2. The summed E-state index contributed by atoms with van der Waals surface area (Å²) in [5.74, 6) is -0.106. The van der Waals surface area contributed by atoms with Gasteiger partial charge in [-0.3, -0.25) is 9.59 Å². The molecular formula is C25H27N3O4S2. The molecule has 178 valence electrons. The van der Waals surface area contributed by atoms with Crippen molar-refractivity contribution in [2.75, 3.05) is 24.2 Å². The molecule has 0 aliphatic carbocycles. The average molecular weight is 498 g/mol. The molecule has 34 heavy (non-hydrogen) atoms. The summed E-state index contributed by atoms with van der Waals surface area (Å²) in [6, 6.07) is 13.7. The van der Waals surface area contributed by atoms with Crippen molar-refractivity contribution in [3.8, 4) is 0 Å². The van der Waals surface area contributed by atoms with Crippen LogP contribution in [0.4, 0.5) is 5.69 Å². The number of sulfonamides is 1. The van der Waals surface area contributed by atoms with E-state index in [4.69, 9.17) is 0 Å². The Bertz CT molecular complexity index is 1350. The van der Waals surface area contributed by atoms with Crippen LogP contribution >= 0.6 is 11.8 Å². The Morgan fingerprint density at radius 2 is 1.82 bits per heavy atom. The predicted octanol–water partition coefficient (Wildman–Crippen LogP) is 4.65. The first-order chi connectivity index (χ1) is 16.2. The summed E-state index contributed by atoms with van der Waals surface area (Å²) in [5.41, 5.74) is 2.70. The van der Waals surface area contributed by atoms with E-state index in [0.29, 0.717) is 39.8 Å². The molecule has 1 aliphatic rings. The number of ketones is 1. The lowest BCUT2D eigenvalue weighted by atomic mass is 10.1. The molecule has 2 heterocycles. The van der Waals surface area contributed by atoms with E-state index in [2.05, 4.69) is 10.3 Å². The van der Waals surface area contributed by atoms with Gasteiger partial charge in [0.1, 0.15) is 0 Å². The van der Waals surface area contributed by atoms with Crippen LogP contribution in [0.25, 0.3) is 10.9 Å². The van der Waals surface area contributed by atoms with Gasteiger partial charge in [0.15, 0.2) is 5.78 Å². The Labute approximate surface area is 204 Å². The molecule has 9 heteroatoms. The van der Waals surface area contributed by atoms with E-state index >= 15 is 0 Å². The predicted molar refractivity (Wildman–Crippen MR) is 135 cm³/mol. The van der Waals surface area contributed by atoms with Crippen molar-refractivity contribution in [1.82, 2.24) is 9.29 Å². The average Bonchev–Trinajstić information content (AvgIpc) is 2.83. The lowest BCUT2D eigenvalue weighted by Gasteiger charge is -2.26. The molecule has 1 aliphatic heterocycles. The molecule has 4 rings (SSSR count). The van der Waals surface area contributed by atoms with Gasteiger partial charge in [-0.2, -0.15) is 4.31 Å². The highest BCUT2D eigenvalue weighted by Crippen LogP contribution is 2.28. The molecule has 0 spiro atoms. The second kappa shape index (κ2) is 10.2. The fourth-order valence-corrected chi connectivity index (χ4v) is 6.30. The number of pyridine rings is 1. The van der Waals surface area contributed by atoms with E-state index in [-0.39, 0.29) is 17.4 Å². The van der Waals surface area contributed by atoms with Crippen molar-refractivity contribution in [3.63, 3.8) is 0 Å². The summed E-state index contributed by atoms with van der Waals surface area (Å²) in [4.78, 5) is 28.8. The Hall–Kier alpha value is -2.75. The van der Waals surface area contributed by atoms with E-state index in [1.165, 1.54) is 18.7 Å². The number of carbonyl (C=O) groups is 2. The third-order valence-electron chi connectivity index (χ3n) is 5.82. The number of hydrogen-bond acceptors (Lipinski definition) is 6. The maximum absolute atomic E-state index is 13.0. The summed E-state index contributed by atoms with van der Waals surface area (Å²) in [6.07, 6.45) is 2.85. The highest BCUT2D eigenvalue weighted by Gasteiger charge is 2.26. The zero-order valence-corrected chi connectivity index (χ0v) is 20.8. The standard InChI is InChI=1S/C25H27N3O4S2/c1-17-13-25(33-16-24(30)26-20-8-6-7-19(14-20)18(2)29)27-23-10-9-21(15-22(17)23)34(31,32)28-11-4-3-5-12-28/h6-10,13-15H,3-5,11-12,16H2,1-2H3,(H,26,30). The number of piperidine rings is 1. The molecule has 0 bridgehead atoms. The molecular weight excluding hydrogens is 470 g/mol. The van der Waals surface area contributed by atoms with Gasteiger partial charge in [0, 0.05) is 29.7 Å². The molecule has 2 aromatic carbocycles. The first kappa shape index (κ1) is 24.4.